The maximum atomic E-state index is 13.2. The summed E-state index contributed by atoms with van der Waals surface area (Å²) in [5.41, 5.74) is 0.720. The van der Waals surface area contributed by atoms with Crippen molar-refractivity contribution in [3.63, 3.8) is 0 Å². The van der Waals surface area contributed by atoms with E-state index in [-0.39, 0.29) is 23.6 Å². The van der Waals surface area contributed by atoms with Crippen molar-refractivity contribution in [3.05, 3.63) is 63.7 Å². The predicted octanol–water partition coefficient (Wildman–Crippen LogP) is 2.81. The minimum absolute atomic E-state index is 0.0355. The van der Waals surface area contributed by atoms with E-state index >= 15 is 0 Å². The van der Waals surface area contributed by atoms with Crippen LogP contribution in [-0.2, 0) is 4.79 Å². The summed E-state index contributed by atoms with van der Waals surface area (Å²) in [6, 6.07) is 11.1. The average molecular weight is 439 g/mol. The Kier molecular flexibility index (Phi) is 5.98. The van der Waals surface area contributed by atoms with Crippen molar-refractivity contribution in [1.29, 1.82) is 0 Å². The molecule has 9 nitrogen and oxygen atoms in total. The minimum atomic E-state index is -0.570. The number of rotatable bonds is 5. The lowest BCUT2D eigenvalue weighted by atomic mass is 10.1. The van der Waals surface area contributed by atoms with E-state index < -0.39 is 11.0 Å². The number of carbonyl (C=O) groups excluding carboxylic acids is 2. The first-order valence-corrected chi connectivity index (χ1v) is 10.5. The van der Waals surface area contributed by atoms with Crippen LogP contribution in [0, 0.1) is 17.0 Å². The quantitative estimate of drug-likeness (QED) is 0.524. The Balaban J connectivity index is 1.42. The molecular formula is C23H25N3O6. The van der Waals surface area contributed by atoms with Crippen molar-refractivity contribution >= 4 is 17.5 Å². The molecule has 0 N–H and O–H groups in total. The highest BCUT2D eigenvalue weighted by Crippen LogP contribution is 2.31. The topological polar surface area (TPSA) is 102 Å². The lowest BCUT2D eigenvalue weighted by Crippen LogP contribution is -2.50. The first-order chi connectivity index (χ1) is 15.3. The Hall–Kier alpha value is -3.62. The molecule has 1 saturated heterocycles. The molecule has 2 atom stereocenters. The zero-order chi connectivity index (χ0) is 22.8. The number of nitro benzene ring substituents is 1. The fourth-order valence-corrected chi connectivity index (χ4v) is 4.23. The molecule has 0 spiro atoms. The van der Waals surface area contributed by atoms with Gasteiger partial charge < -0.3 is 19.3 Å². The number of para-hydroxylation sites is 2. The summed E-state index contributed by atoms with van der Waals surface area (Å²) in [5.74, 6) is 0.884. The number of amides is 2. The number of fused-ring (bicyclic) bond motifs is 1. The van der Waals surface area contributed by atoms with E-state index in [4.69, 9.17) is 9.47 Å². The van der Waals surface area contributed by atoms with Gasteiger partial charge in [0.2, 0.25) is 5.91 Å². The van der Waals surface area contributed by atoms with Crippen molar-refractivity contribution in [2.24, 2.45) is 0 Å². The van der Waals surface area contributed by atoms with Gasteiger partial charge in [0.05, 0.1) is 11.5 Å². The summed E-state index contributed by atoms with van der Waals surface area (Å²) < 4.78 is 11.7. The van der Waals surface area contributed by atoms with Gasteiger partial charge in [0.25, 0.3) is 11.6 Å². The van der Waals surface area contributed by atoms with Gasteiger partial charge in [0.15, 0.2) is 17.6 Å². The van der Waals surface area contributed by atoms with Crippen molar-refractivity contribution in [2.45, 2.75) is 31.9 Å². The number of benzene rings is 2. The van der Waals surface area contributed by atoms with Gasteiger partial charge in [-0.05, 0) is 44.0 Å². The first kappa shape index (κ1) is 21.6. The second-order valence-corrected chi connectivity index (χ2v) is 8.13. The van der Waals surface area contributed by atoms with Gasteiger partial charge in [-0.25, -0.2) is 0 Å². The van der Waals surface area contributed by atoms with Crippen LogP contribution in [0.4, 0.5) is 5.69 Å². The molecule has 9 heteroatoms. The van der Waals surface area contributed by atoms with Crippen LogP contribution in [0.15, 0.2) is 42.5 Å². The number of carbonyl (C=O) groups is 2. The van der Waals surface area contributed by atoms with Crippen molar-refractivity contribution in [2.75, 3.05) is 26.7 Å². The van der Waals surface area contributed by atoms with E-state index in [1.165, 1.54) is 18.2 Å². The molecule has 0 aliphatic carbocycles. The summed E-state index contributed by atoms with van der Waals surface area (Å²) in [6.07, 6.45) is 0.992. The molecule has 32 heavy (non-hydrogen) atoms. The predicted molar refractivity (Wildman–Crippen MR) is 116 cm³/mol. The molecule has 2 heterocycles. The summed E-state index contributed by atoms with van der Waals surface area (Å²) in [7, 11) is 1.70. The fourth-order valence-electron chi connectivity index (χ4n) is 4.23. The Morgan fingerprint density at radius 3 is 2.69 bits per heavy atom. The third-order valence-corrected chi connectivity index (χ3v) is 5.86. The Bertz CT molecular complexity index is 1060. The van der Waals surface area contributed by atoms with E-state index in [2.05, 4.69) is 0 Å². The normalized spacial score (nSPS) is 19.5. The largest absolute Gasteiger partial charge is 0.486 e. The SMILES string of the molecule is Cc1cc(C(=O)N2CCCC2C(=O)N(C)CC2COc3ccccc3O2)ccc1[N+](=O)[O-]. The molecule has 2 aliphatic rings. The van der Waals surface area contributed by atoms with Gasteiger partial charge in [-0.3, -0.25) is 19.7 Å². The first-order valence-electron chi connectivity index (χ1n) is 10.5. The van der Waals surface area contributed by atoms with E-state index in [0.29, 0.717) is 48.7 Å². The summed E-state index contributed by atoms with van der Waals surface area (Å²) in [4.78, 5) is 40.0. The molecule has 2 aromatic carbocycles. The van der Waals surface area contributed by atoms with Crippen LogP contribution < -0.4 is 9.47 Å². The van der Waals surface area contributed by atoms with E-state index in [1.54, 1.807) is 23.8 Å². The number of aryl methyl sites for hydroxylation is 1. The number of nitrogens with zero attached hydrogens (tertiary/aromatic N) is 3. The number of nitro groups is 1. The molecule has 2 unspecified atom stereocenters. The van der Waals surface area contributed by atoms with E-state index in [0.717, 1.165) is 6.42 Å². The van der Waals surface area contributed by atoms with Gasteiger partial charge in [-0.15, -0.1) is 0 Å². The lowest BCUT2D eigenvalue weighted by molar-refractivity contribution is -0.385. The Morgan fingerprint density at radius 1 is 1.22 bits per heavy atom. The summed E-state index contributed by atoms with van der Waals surface area (Å²) in [5, 5.41) is 11.0. The second kappa shape index (κ2) is 8.86. The molecule has 168 valence electrons. The molecule has 0 saturated carbocycles. The molecule has 2 amide bonds. The van der Waals surface area contributed by atoms with Crippen LogP contribution in [0.1, 0.15) is 28.8 Å². The van der Waals surface area contributed by atoms with Crippen LogP contribution in [0.5, 0.6) is 11.5 Å². The van der Waals surface area contributed by atoms with Crippen LogP contribution in [-0.4, -0.2) is 65.4 Å². The zero-order valence-corrected chi connectivity index (χ0v) is 18.0. The maximum Gasteiger partial charge on any atom is 0.272 e. The average Bonchev–Trinajstić information content (AvgIpc) is 3.27. The molecule has 0 radical (unpaired) electrons. The third-order valence-electron chi connectivity index (χ3n) is 5.86. The molecule has 4 rings (SSSR count). The summed E-state index contributed by atoms with van der Waals surface area (Å²) in [6.45, 7) is 2.74. The Morgan fingerprint density at radius 2 is 1.97 bits per heavy atom. The zero-order valence-electron chi connectivity index (χ0n) is 18.0. The minimum Gasteiger partial charge on any atom is -0.486 e. The van der Waals surface area contributed by atoms with Gasteiger partial charge in [-0.1, -0.05) is 12.1 Å². The van der Waals surface area contributed by atoms with Gasteiger partial charge in [0, 0.05) is 30.8 Å². The second-order valence-electron chi connectivity index (χ2n) is 8.13. The highest BCUT2D eigenvalue weighted by Gasteiger charge is 2.37. The molecule has 0 aromatic heterocycles. The highest BCUT2D eigenvalue weighted by molar-refractivity contribution is 5.98. The van der Waals surface area contributed by atoms with Gasteiger partial charge in [0.1, 0.15) is 12.6 Å². The number of hydrogen-bond donors (Lipinski definition) is 0. The molecular weight excluding hydrogens is 414 g/mol. The van der Waals surface area contributed by atoms with Crippen molar-refractivity contribution in [1.82, 2.24) is 9.80 Å². The fraction of sp³-hybridized carbons (Fsp3) is 0.391. The van der Waals surface area contributed by atoms with Crippen molar-refractivity contribution in [3.8, 4) is 11.5 Å². The van der Waals surface area contributed by atoms with E-state index in [1.807, 2.05) is 24.3 Å². The monoisotopic (exact) mass is 439 g/mol. The number of ether oxygens (including phenoxy) is 2. The third kappa shape index (κ3) is 4.23. The van der Waals surface area contributed by atoms with Gasteiger partial charge in [-0.2, -0.15) is 0 Å². The number of likely N-dealkylation sites (tertiary alicyclic amines) is 1. The van der Waals surface area contributed by atoms with Crippen LogP contribution >= 0.6 is 0 Å². The molecule has 2 aromatic rings. The van der Waals surface area contributed by atoms with E-state index in [9.17, 15) is 19.7 Å². The lowest BCUT2D eigenvalue weighted by Gasteiger charge is -2.32. The smallest absolute Gasteiger partial charge is 0.272 e. The number of hydrogen-bond acceptors (Lipinski definition) is 6. The Labute approximate surface area is 185 Å². The summed E-state index contributed by atoms with van der Waals surface area (Å²) >= 11 is 0. The maximum absolute atomic E-state index is 13.2. The van der Waals surface area contributed by atoms with Crippen LogP contribution in [0.2, 0.25) is 0 Å². The van der Waals surface area contributed by atoms with Crippen molar-refractivity contribution < 1.29 is 24.0 Å². The standard InChI is InChI=1S/C23H25N3O6/c1-15-12-16(9-10-18(15)26(29)30)22(27)25-11-5-6-19(25)23(28)24(2)13-17-14-31-20-7-3-4-8-21(20)32-17/h3-4,7-10,12,17,19H,5-6,11,13-14H2,1-2H3. The van der Waals surface area contributed by atoms with Crippen LogP contribution in [0.3, 0.4) is 0 Å². The van der Waals surface area contributed by atoms with Crippen LogP contribution in [0.25, 0.3) is 0 Å². The molecule has 1 fully saturated rings. The molecule has 2 aliphatic heterocycles. The highest BCUT2D eigenvalue weighted by atomic mass is 16.6. The number of likely N-dealkylation sites (N-methyl/N-ethyl adjacent to an activating group) is 1. The van der Waals surface area contributed by atoms with Gasteiger partial charge >= 0.3 is 0 Å². The molecule has 0 bridgehead atoms.